The van der Waals surface area contributed by atoms with Crippen LogP contribution in [0.25, 0.3) is 0 Å². The molecule has 0 aromatic carbocycles. The minimum Gasteiger partial charge on any atom is -0.370 e. The van der Waals surface area contributed by atoms with Gasteiger partial charge in [-0.25, -0.2) is 0 Å². The number of nitrogens with one attached hydrogen (secondary N) is 2. The van der Waals surface area contributed by atoms with Crippen molar-refractivity contribution in [2.24, 2.45) is 17.2 Å². The van der Waals surface area contributed by atoms with Gasteiger partial charge in [-0.1, -0.05) is 6.92 Å². The predicted molar refractivity (Wildman–Crippen MR) is 60.4 cm³/mol. The molecule has 0 heterocycles. The fraction of sp³-hybridized carbons (Fsp3) is 0.778. The van der Waals surface area contributed by atoms with Gasteiger partial charge in [-0.3, -0.25) is 10.2 Å². The number of carbonyl (C=O) groups excluding carboxylic acids is 1. The van der Waals surface area contributed by atoms with E-state index < -0.39 is 12.1 Å². The Morgan fingerprint density at radius 2 is 2.00 bits per heavy atom. The lowest BCUT2D eigenvalue weighted by molar-refractivity contribution is -0.121. The molecule has 0 aromatic heterocycles. The smallest absolute Gasteiger partial charge is 0.185 e. The van der Waals surface area contributed by atoms with Crippen LogP contribution in [-0.4, -0.2) is 30.4 Å². The zero-order valence-corrected chi connectivity index (χ0v) is 9.12. The van der Waals surface area contributed by atoms with Gasteiger partial charge in [-0.2, -0.15) is 0 Å². The largest absolute Gasteiger partial charge is 0.370 e. The van der Waals surface area contributed by atoms with Crippen molar-refractivity contribution in [1.82, 2.24) is 5.32 Å². The Hall–Kier alpha value is -1.14. The molecule has 2 atom stereocenters. The third-order valence-electron chi connectivity index (χ3n) is 2.18. The van der Waals surface area contributed by atoms with E-state index in [0.717, 1.165) is 0 Å². The Bertz CT molecular complexity index is 219. The van der Waals surface area contributed by atoms with Crippen molar-refractivity contribution in [2.75, 3.05) is 6.54 Å². The molecular weight excluding hydrogens is 194 g/mol. The lowest BCUT2D eigenvalue weighted by Gasteiger charge is -2.14. The molecule has 6 nitrogen and oxygen atoms in total. The fourth-order valence-electron chi connectivity index (χ4n) is 1.16. The Balaban J connectivity index is 3.69. The van der Waals surface area contributed by atoms with Crippen LogP contribution < -0.4 is 22.5 Å². The summed E-state index contributed by atoms with van der Waals surface area (Å²) in [5.41, 5.74) is 16.3. The molecule has 8 N–H and O–H groups in total. The second-order valence-electron chi connectivity index (χ2n) is 3.51. The third kappa shape index (κ3) is 6.03. The normalized spacial score (nSPS) is 14.3. The molecule has 0 saturated heterocycles. The van der Waals surface area contributed by atoms with Crippen molar-refractivity contribution >= 4 is 11.7 Å². The van der Waals surface area contributed by atoms with Crippen molar-refractivity contribution in [3.8, 4) is 0 Å². The summed E-state index contributed by atoms with van der Waals surface area (Å²) < 4.78 is 0. The van der Waals surface area contributed by atoms with E-state index >= 15 is 0 Å². The predicted octanol–water partition coefficient (Wildman–Crippen LogP) is -1.12. The molecule has 0 aliphatic heterocycles. The van der Waals surface area contributed by atoms with E-state index in [9.17, 15) is 4.79 Å². The van der Waals surface area contributed by atoms with Gasteiger partial charge in [-0.05, 0) is 19.3 Å². The Morgan fingerprint density at radius 3 is 2.47 bits per heavy atom. The summed E-state index contributed by atoms with van der Waals surface area (Å²) >= 11 is 0. The van der Waals surface area contributed by atoms with Crippen LogP contribution in [0.15, 0.2) is 0 Å². The van der Waals surface area contributed by atoms with Gasteiger partial charge in [0.15, 0.2) is 11.7 Å². The van der Waals surface area contributed by atoms with Crippen LogP contribution in [0.2, 0.25) is 0 Å². The minimum absolute atomic E-state index is 0.0693. The third-order valence-corrected chi connectivity index (χ3v) is 2.18. The van der Waals surface area contributed by atoms with Crippen molar-refractivity contribution in [2.45, 2.75) is 38.3 Å². The highest BCUT2D eigenvalue weighted by atomic mass is 16.1. The van der Waals surface area contributed by atoms with Gasteiger partial charge in [0.05, 0.1) is 12.1 Å². The molecule has 0 saturated carbocycles. The highest BCUT2D eigenvalue weighted by Crippen LogP contribution is 1.99. The second kappa shape index (κ2) is 7.19. The highest BCUT2D eigenvalue weighted by molar-refractivity contribution is 5.88. The number of rotatable bonds is 7. The molecule has 0 aromatic rings. The molecule has 2 unspecified atom stereocenters. The number of Topliss-reactive ketones (excluding diaryl/α,β-unsaturated/α-hetero) is 1. The van der Waals surface area contributed by atoms with Crippen LogP contribution in [0.3, 0.4) is 0 Å². The maximum atomic E-state index is 11.5. The van der Waals surface area contributed by atoms with Crippen molar-refractivity contribution in [1.29, 1.82) is 5.41 Å². The van der Waals surface area contributed by atoms with Crippen LogP contribution >= 0.6 is 0 Å². The molecule has 0 bridgehead atoms. The summed E-state index contributed by atoms with van der Waals surface area (Å²) in [6.07, 6.45) is 1.87. The van der Waals surface area contributed by atoms with E-state index in [1.165, 1.54) is 0 Å². The van der Waals surface area contributed by atoms with Crippen LogP contribution in [0, 0.1) is 5.41 Å². The molecule has 15 heavy (non-hydrogen) atoms. The maximum Gasteiger partial charge on any atom is 0.185 e. The van der Waals surface area contributed by atoms with Gasteiger partial charge >= 0.3 is 0 Å². The van der Waals surface area contributed by atoms with E-state index in [0.29, 0.717) is 25.8 Å². The molecule has 0 radical (unpaired) electrons. The first-order valence-corrected chi connectivity index (χ1v) is 5.11. The van der Waals surface area contributed by atoms with Crippen LogP contribution in [0.1, 0.15) is 26.2 Å². The number of ketones is 1. The first-order chi connectivity index (χ1) is 6.99. The van der Waals surface area contributed by atoms with Gasteiger partial charge in [-0.15, -0.1) is 0 Å². The molecule has 6 heteroatoms. The van der Waals surface area contributed by atoms with Gasteiger partial charge in [0.1, 0.15) is 0 Å². The van der Waals surface area contributed by atoms with E-state index in [1.807, 2.05) is 6.92 Å². The topological polar surface area (TPSA) is 131 Å². The summed E-state index contributed by atoms with van der Waals surface area (Å²) in [7, 11) is 0. The second-order valence-corrected chi connectivity index (χ2v) is 3.51. The van der Waals surface area contributed by atoms with E-state index in [-0.39, 0.29) is 11.7 Å². The molecule has 0 spiro atoms. The monoisotopic (exact) mass is 215 g/mol. The number of hydrogen-bond donors (Lipinski definition) is 5. The maximum absolute atomic E-state index is 11.5. The first-order valence-electron chi connectivity index (χ1n) is 5.11. The zero-order valence-electron chi connectivity index (χ0n) is 9.12. The van der Waals surface area contributed by atoms with Gasteiger partial charge in [0.2, 0.25) is 0 Å². The number of hydrogen-bond acceptors (Lipinski definition) is 4. The van der Waals surface area contributed by atoms with Crippen LogP contribution in [0.4, 0.5) is 0 Å². The first kappa shape index (κ1) is 13.9. The molecule has 0 fully saturated rings. The van der Waals surface area contributed by atoms with Crippen molar-refractivity contribution < 1.29 is 4.79 Å². The Labute approximate surface area is 90.1 Å². The fourth-order valence-corrected chi connectivity index (χ4v) is 1.16. The Morgan fingerprint density at radius 1 is 1.40 bits per heavy atom. The van der Waals surface area contributed by atoms with Gasteiger partial charge in [0.25, 0.3) is 0 Å². The quantitative estimate of drug-likeness (QED) is 0.209. The lowest BCUT2D eigenvalue weighted by Crippen LogP contribution is -2.43. The standard InChI is InChI=1S/C9H21N5O/c1-2-6(10)8(15)7(11)4-3-5-14-9(12)13/h6-7H,2-5,10-11H2,1H3,(H4,12,13,14). The van der Waals surface area contributed by atoms with Gasteiger partial charge in [0, 0.05) is 6.54 Å². The average Bonchev–Trinajstić information content (AvgIpc) is 2.21. The zero-order chi connectivity index (χ0) is 11.8. The van der Waals surface area contributed by atoms with E-state index in [1.54, 1.807) is 0 Å². The average molecular weight is 215 g/mol. The van der Waals surface area contributed by atoms with Crippen LogP contribution in [0.5, 0.6) is 0 Å². The molecular formula is C9H21N5O. The molecule has 88 valence electrons. The van der Waals surface area contributed by atoms with Crippen molar-refractivity contribution in [3.63, 3.8) is 0 Å². The van der Waals surface area contributed by atoms with Crippen LogP contribution in [-0.2, 0) is 4.79 Å². The van der Waals surface area contributed by atoms with Crippen molar-refractivity contribution in [3.05, 3.63) is 0 Å². The number of nitrogens with two attached hydrogens (primary N) is 3. The van der Waals surface area contributed by atoms with Gasteiger partial charge < -0.3 is 22.5 Å². The number of carbonyl (C=O) groups is 1. The summed E-state index contributed by atoms with van der Waals surface area (Å²) in [5, 5.41) is 9.56. The molecule has 0 rings (SSSR count). The summed E-state index contributed by atoms with van der Waals surface area (Å²) in [6.45, 7) is 2.41. The summed E-state index contributed by atoms with van der Waals surface area (Å²) in [5.74, 6) is -0.166. The minimum atomic E-state index is -0.506. The lowest BCUT2D eigenvalue weighted by atomic mass is 10.0. The SMILES string of the molecule is CCC(N)C(=O)C(N)CCCNC(=N)N. The van der Waals surface area contributed by atoms with E-state index in [4.69, 9.17) is 22.6 Å². The molecule has 0 aliphatic rings. The summed E-state index contributed by atoms with van der Waals surface area (Å²) in [6, 6.07) is -0.963. The Kier molecular flexibility index (Phi) is 6.64. The molecule has 0 aliphatic carbocycles. The molecule has 0 amide bonds. The summed E-state index contributed by atoms with van der Waals surface area (Å²) in [4.78, 5) is 11.5. The highest BCUT2D eigenvalue weighted by Gasteiger charge is 2.18. The van der Waals surface area contributed by atoms with E-state index in [2.05, 4.69) is 5.32 Å². The number of guanidine groups is 1.